The summed E-state index contributed by atoms with van der Waals surface area (Å²) >= 11 is 0. The summed E-state index contributed by atoms with van der Waals surface area (Å²) in [6, 6.07) is 3.03. The molecule has 0 radical (unpaired) electrons. The Morgan fingerprint density at radius 3 is 2.65 bits per heavy atom. The van der Waals surface area contributed by atoms with Gasteiger partial charge in [-0.3, -0.25) is 4.79 Å². The zero-order chi connectivity index (χ0) is 15.3. The van der Waals surface area contributed by atoms with E-state index in [1.165, 1.54) is 18.2 Å². The van der Waals surface area contributed by atoms with Gasteiger partial charge in [0.05, 0.1) is 16.6 Å². The maximum atomic E-state index is 11.8. The van der Waals surface area contributed by atoms with Crippen LogP contribution in [0.4, 0.5) is 5.69 Å². The second-order valence-corrected chi connectivity index (χ2v) is 6.70. The van der Waals surface area contributed by atoms with E-state index in [9.17, 15) is 18.3 Å². The lowest BCUT2D eigenvalue weighted by molar-refractivity contribution is -0.117. The van der Waals surface area contributed by atoms with Crippen molar-refractivity contribution in [1.82, 2.24) is 0 Å². The summed E-state index contributed by atoms with van der Waals surface area (Å²) in [7, 11) is -3.41. The molecular weight excluding hydrogens is 280 g/mol. The lowest BCUT2D eigenvalue weighted by Crippen LogP contribution is -2.35. The van der Waals surface area contributed by atoms with Gasteiger partial charge in [-0.25, -0.2) is 8.42 Å². The number of aromatic hydroxyl groups is 1. The molecule has 0 aliphatic rings. The Morgan fingerprint density at radius 1 is 1.45 bits per heavy atom. The van der Waals surface area contributed by atoms with E-state index in [2.05, 4.69) is 5.32 Å². The van der Waals surface area contributed by atoms with Crippen LogP contribution in [0.25, 0.3) is 0 Å². The molecule has 0 heterocycles. The van der Waals surface area contributed by atoms with Crippen LogP contribution in [0.2, 0.25) is 0 Å². The number of phenols is 1. The second kappa shape index (κ2) is 6.71. The lowest BCUT2D eigenvalue weighted by Gasteiger charge is -2.13. The topological polar surface area (TPSA) is 109 Å². The second-order valence-electron chi connectivity index (χ2n) is 4.69. The first-order chi connectivity index (χ1) is 9.25. The van der Waals surface area contributed by atoms with Gasteiger partial charge in [0.15, 0.2) is 9.84 Å². The van der Waals surface area contributed by atoms with Gasteiger partial charge in [0.2, 0.25) is 5.91 Å². The maximum absolute atomic E-state index is 11.8. The number of carbonyl (C=O) groups excluding carboxylic acids is 1. The third-order valence-electron chi connectivity index (χ3n) is 2.86. The Kier molecular flexibility index (Phi) is 5.52. The molecule has 1 aromatic rings. The molecule has 112 valence electrons. The largest absolute Gasteiger partial charge is 0.506 e. The number of hydrogen-bond acceptors (Lipinski definition) is 5. The lowest BCUT2D eigenvalue weighted by atomic mass is 10.1. The molecule has 0 saturated heterocycles. The Bertz CT molecular complexity index is 584. The van der Waals surface area contributed by atoms with Gasteiger partial charge in [0, 0.05) is 6.26 Å². The van der Waals surface area contributed by atoms with Crippen molar-refractivity contribution in [3.8, 4) is 5.75 Å². The molecule has 7 heteroatoms. The van der Waals surface area contributed by atoms with Crippen molar-refractivity contribution in [2.45, 2.75) is 37.1 Å². The van der Waals surface area contributed by atoms with Gasteiger partial charge in [0.25, 0.3) is 0 Å². The Hall–Kier alpha value is -1.60. The maximum Gasteiger partial charge on any atom is 0.241 e. The van der Waals surface area contributed by atoms with E-state index in [-0.39, 0.29) is 16.3 Å². The molecule has 4 N–H and O–H groups in total. The molecule has 1 aromatic carbocycles. The zero-order valence-corrected chi connectivity index (χ0v) is 12.4. The minimum absolute atomic E-state index is 0.0210. The highest BCUT2D eigenvalue weighted by molar-refractivity contribution is 7.90. The monoisotopic (exact) mass is 300 g/mol. The number of unbranched alkanes of at least 4 members (excludes halogenated alkanes) is 1. The normalized spacial score (nSPS) is 12.9. The summed E-state index contributed by atoms with van der Waals surface area (Å²) in [5.74, 6) is -0.646. The van der Waals surface area contributed by atoms with Crippen molar-refractivity contribution in [3.63, 3.8) is 0 Å². The average Bonchev–Trinajstić information content (AvgIpc) is 2.37. The molecule has 0 fully saturated rings. The van der Waals surface area contributed by atoms with Crippen LogP contribution >= 0.6 is 0 Å². The van der Waals surface area contributed by atoms with Gasteiger partial charge < -0.3 is 16.2 Å². The van der Waals surface area contributed by atoms with E-state index in [4.69, 9.17) is 5.73 Å². The summed E-state index contributed by atoms with van der Waals surface area (Å²) < 4.78 is 22.9. The standard InChI is InChI=1S/C13H20N2O4S/c1-3-4-5-10(14)13(17)15-11-8-9(20(2,18)19)6-7-12(11)16/h6-8,10,16H,3-5,14H2,1-2H3,(H,15,17). The summed E-state index contributed by atoms with van der Waals surface area (Å²) in [6.07, 6.45) is 3.34. The summed E-state index contributed by atoms with van der Waals surface area (Å²) in [5.41, 5.74) is 5.76. The first-order valence-electron chi connectivity index (χ1n) is 6.35. The molecule has 1 unspecified atom stereocenters. The molecule has 0 aliphatic carbocycles. The number of sulfone groups is 1. The molecular formula is C13H20N2O4S. The van der Waals surface area contributed by atoms with E-state index >= 15 is 0 Å². The van der Waals surface area contributed by atoms with Crippen molar-refractivity contribution in [2.75, 3.05) is 11.6 Å². The third-order valence-corrected chi connectivity index (χ3v) is 3.97. The highest BCUT2D eigenvalue weighted by Crippen LogP contribution is 2.26. The van der Waals surface area contributed by atoms with Gasteiger partial charge in [-0.1, -0.05) is 19.8 Å². The molecule has 0 aliphatic heterocycles. The third kappa shape index (κ3) is 4.50. The number of nitrogens with two attached hydrogens (primary N) is 1. The van der Waals surface area contributed by atoms with Crippen LogP contribution in [0.3, 0.4) is 0 Å². The highest BCUT2D eigenvalue weighted by Gasteiger charge is 2.16. The van der Waals surface area contributed by atoms with Gasteiger partial charge in [0.1, 0.15) is 5.75 Å². The Labute approximate surface area is 118 Å². The van der Waals surface area contributed by atoms with Gasteiger partial charge in [-0.05, 0) is 24.6 Å². The molecule has 0 spiro atoms. The minimum atomic E-state index is -3.41. The molecule has 1 atom stereocenters. The Balaban J connectivity index is 2.89. The van der Waals surface area contributed by atoms with E-state index in [0.717, 1.165) is 19.1 Å². The van der Waals surface area contributed by atoms with Crippen molar-refractivity contribution in [2.24, 2.45) is 5.73 Å². The molecule has 0 aromatic heterocycles. The number of nitrogens with one attached hydrogen (secondary N) is 1. The Morgan fingerprint density at radius 2 is 2.10 bits per heavy atom. The van der Waals surface area contributed by atoms with Crippen LogP contribution < -0.4 is 11.1 Å². The van der Waals surface area contributed by atoms with Crippen LogP contribution in [0.1, 0.15) is 26.2 Å². The molecule has 1 rings (SSSR count). The average molecular weight is 300 g/mol. The fourth-order valence-corrected chi connectivity index (χ4v) is 2.27. The van der Waals surface area contributed by atoms with E-state index in [1.54, 1.807) is 0 Å². The van der Waals surface area contributed by atoms with Crippen molar-refractivity contribution >= 4 is 21.4 Å². The van der Waals surface area contributed by atoms with Gasteiger partial charge >= 0.3 is 0 Å². The first kappa shape index (κ1) is 16.5. The van der Waals surface area contributed by atoms with E-state index in [0.29, 0.717) is 6.42 Å². The quantitative estimate of drug-likeness (QED) is 0.685. The molecule has 6 nitrogen and oxygen atoms in total. The highest BCUT2D eigenvalue weighted by atomic mass is 32.2. The van der Waals surface area contributed by atoms with Crippen molar-refractivity contribution < 1.29 is 18.3 Å². The smallest absolute Gasteiger partial charge is 0.241 e. The summed E-state index contributed by atoms with van der Waals surface area (Å²) in [6.45, 7) is 1.99. The molecule has 0 saturated carbocycles. The van der Waals surface area contributed by atoms with Crippen LogP contribution in [0.15, 0.2) is 23.1 Å². The summed E-state index contributed by atoms with van der Waals surface area (Å²) in [4.78, 5) is 11.9. The van der Waals surface area contributed by atoms with Gasteiger partial charge in [-0.15, -0.1) is 0 Å². The zero-order valence-electron chi connectivity index (χ0n) is 11.6. The predicted octanol–water partition coefficient (Wildman–Crippen LogP) is 1.25. The number of phenolic OH excluding ortho intramolecular Hbond substituents is 1. The minimum Gasteiger partial charge on any atom is -0.506 e. The molecule has 0 bridgehead atoms. The fraction of sp³-hybridized carbons (Fsp3) is 0.462. The van der Waals surface area contributed by atoms with Crippen LogP contribution in [-0.4, -0.2) is 31.7 Å². The first-order valence-corrected chi connectivity index (χ1v) is 8.24. The van der Waals surface area contributed by atoms with Crippen molar-refractivity contribution in [3.05, 3.63) is 18.2 Å². The number of amides is 1. The number of anilines is 1. The number of carbonyl (C=O) groups is 1. The number of rotatable bonds is 6. The SMILES string of the molecule is CCCCC(N)C(=O)Nc1cc(S(C)(=O)=O)ccc1O. The van der Waals surface area contributed by atoms with Gasteiger partial charge in [-0.2, -0.15) is 0 Å². The number of hydrogen-bond donors (Lipinski definition) is 3. The van der Waals surface area contributed by atoms with Crippen LogP contribution in [0.5, 0.6) is 5.75 Å². The van der Waals surface area contributed by atoms with Crippen LogP contribution in [-0.2, 0) is 14.6 Å². The number of benzene rings is 1. The summed E-state index contributed by atoms with van der Waals surface area (Å²) in [5, 5.41) is 12.1. The van der Waals surface area contributed by atoms with E-state index in [1.807, 2.05) is 6.92 Å². The predicted molar refractivity (Wildman–Crippen MR) is 77.3 cm³/mol. The molecule has 20 heavy (non-hydrogen) atoms. The van der Waals surface area contributed by atoms with E-state index < -0.39 is 21.8 Å². The van der Waals surface area contributed by atoms with Crippen molar-refractivity contribution in [1.29, 1.82) is 0 Å². The molecule has 1 amide bonds. The van der Waals surface area contributed by atoms with Crippen LogP contribution in [0, 0.1) is 0 Å². The fourth-order valence-electron chi connectivity index (χ4n) is 1.63.